The molecule has 2 atom stereocenters. The van der Waals surface area contributed by atoms with Gasteiger partial charge in [-0.3, -0.25) is 14.4 Å². The topological polar surface area (TPSA) is 93.5 Å². The number of primary amides is 1. The molecule has 41 heavy (non-hydrogen) atoms. The minimum absolute atomic E-state index is 0.0509. The highest BCUT2D eigenvalue weighted by molar-refractivity contribution is 6.34. The normalized spacial score (nSPS) is 17.7. The summed E-state index contributed by atoms with van der Waals surface area (Å²) in [6.45, 7) is 11.9. The molecular formula is C30H38Cl2F3N3O3. The quantitative estimate of drug-likeness (QED) is 0.269. The number of nitrogens with two attached hydrogens (primary N) is 1. The van der Waals surface area contributed by atoms with Gasteiger partial charge in [0, 0.05) is 22.0 Å². The predicted octanol–water partition coefficient (Wildman–Crippen LogP) is 8.25. The number of fused-ring (bicyclic) bond motifs is 1. The van der Waals surface area contributed by atoms with Crippen LogP contribution in [0.15, 0.2) is 54.6 Å². The highest BCUT2D eigenvalue weighted by atomic mass is 35.5. The van der Waals surface area contributed by atoms with E-state index in [0.29, 0.717) is 16.3 Å². The highest BCUT2D eigenvalue weighted by Gasteiger charge is 2.62. The summed E-state index contributed by atoms with van der Waals surface area (Å²) in [5, 5.41) is 3.57. The molecule has 0 radical (unpaired) electrons. The van der Waals surface area contributed by atoms with Crippen LogP contribution in [0.1, 0.15) is 81.9 Å². The van der Waals surface area contributed by atoms with Gasteiger partial charge in [-0.2, -0.15) is 18.7 Å². The summed E-state index contributed by atoms with van der Waals surface area (Å²) in [4.78, 5) is 28.8. The van der Waals surface area contributed by atoms with Crippen LogP contribution in [-0.2, 0) is 15.2 Å². The fourth-order valence-corrected chi connectivity index (χ4v) is 4.63. The number of hydroxylamine groups is 1. The molecule has 0 spiro atoms. The minimum Gasteiger partial charge on any atom is -0.368 e. The van der Waals surface area contributed by atoms with Crippen LogP contribution in [0.5, 0.6) is 0 Å². The number of hydrogen-bond donors (Lipinski definition) is 3. The molecule has 4 rings (SSSR count). The summed E-state index contributed by atoms with van der Waals surface area (Å²) in [5.41, 5.74) is 5.44. The Morgan fingerprint density at radius 2 is 1.54 bits per heavy atom. The van der Waals surface area contributed by atoms with Gasteiger partial charge in [-0.25, -0.2) is 0 Å². The van der Waals surface area contributed by atoms with E-state index >= 15 is 0 Å². The third kappa shape index (κ3) is 8.82. The van der Waals surface area contributed by atoms with Crippen molar-refractivity contribution in [3.63, 3.8) is 0 Å². The van der Waals surface area contributed by atoms with E-state index in [1.54, 1.807) is 30.3 Å². The second kappa shape index (κ2) is 16.6. The average molecular weight is 617 g/mol. The van der Waals surface area contributed by atoms with E-state index in [0.717, 1.165) is 0 Å². The molecule has 2 amide bonds. The molecule has 226 valence electrons. The zero-order chi connectivity index (χ0) is 31.4. The molecule has 2 unspecified atom stereocenters. The van der Waals surface area contributed by atoms with Crippen molar-refractivity contribution in [1.29, 1.82) is 0 Å². The van der Waals surface area contributed by atoms with Crippen LogP contribution in [0.4, 0.5) is 13.2 Å². The Bertz CT molecular complexity index is 1280. The summed E-state index contributed by atoms with van der Waals surface area (Å²) in [6, 6.07) is 12.6. The number of carbonyl (C=O) groups excluding carboxylic acids is 2. The molecule has 1 saturated heterocycles. The maximum absolute atomic E-state index is 14.3. The lowest BCUT2D eigenvalue weighted by Gasteiger charge is -2.30. The third-order valence-corrected chi connectivity index (χ3v) is 6.09. The monoisotopic (exact) mass is 615 g/mol. The van der Waals surface area contributed by atoms with Crippen molar-refractivity contribution in [1.82, 2.24) is 10.8 Å². The smallest absolute Gasteiger partial charge is 0.368 e. The van der Waals surface area contributed by atoms with Crippen molar-refractivity contribution in [3.05, 3.63) is 81.3 Å². The van der Waals surface area contributed by atoms with Crippen molar-refractivity contribution in [2.45, 2.75) is 72.2 Å². The van der Waals surface area contributed by atoms with Crippen LogP contribution in [-0.4, -0.2) is 24.5 Å². The molecular weight excluding hydrogens is 578 g/mol. The molecule has 11 heteroatoms. The van der Waals surface area contributed by atoms with Gasteiger partial charge in [0.2, 0.25) is 11.5 Å². The number of hydrogen-bond acceptors (Lipinski definition) is 4. The summed E-state index contributed by atoms with van der Waals surface area (Å²) in [6.07, 6.45) is -4.03. The largest absolute Gasteiger partial charge is 0.423 e. The lowest BCUT2D eigenvalue weighted by atomic mass is 9.84. The Hall–Kier alpha value is -2.85. The molecule has 3 aromatic rings. The number of nitrogens with one attached hydrogen (secondary N) is 2. The van der Waals surface area contributed by atoms with Crippen molar-refractivity contribution >= 4 is 45.8 Å². The number of alkyl halides is 3. The number of rotatable bonds is 5. The molecule has 6 nitrogen and oxygen atoms in total. The molecule has 0 saturated carbocycles. The molecule has 3 aromatic carbocycles. The second-order valence-corrected chi connectivity index (χ2v) is 9.44. The van der Waals surface area contributed by atoms with E-state index in [9.17, 15) is 22.8 Å². The summed E-state index contributed by atoms with van der Waals surface area (Å²) < 4.78 is 43.0. The van der Waals surface area contributed by atoms with Gasteiger partial charge >= 0.3 is 6.18 Å². The van der Waals surface area contributed by atoms with Gasteiger partial charge in [0.05, 0.1) is 12.6 Å². The zero-order valence-electron chi connectivity index (χ0n) is 24.1. The second-order valence-electron chi connectivity index (χ2n) is 8.56. The van der Waals surface area contributed by atoms with Crippen molar-refractivity contribution < 1.29 is 27.6 Å². The van der Waals surface area contributed by atoms with Crippen molar-refractivity contribution in [2.24, 2.45) is 5.73 Å². The molecule has 1 heterocycles. The molecule has 1 fully saturated rings. The molecule has 0 aromatic heterocycles. The number of benzene rings is 3. The first kappa shape index (κ1) is 36.2. The lowest BCUT2D eigenvalue weighted by Crippen LogP contribution is -2.42. The Labute approximate surface area is 249 Å². The Morgan fingerprint density at radius 3 is 2.05 bits per heavy atom. The zero-order valence-corrected chi connectivity index (χ0v) is 25.6. The van der Waals surface area contributed by atoms with Gasteiger partial charge in [0.1, 0.15) is 0 Å². The average Bonchev–Trinajstić information content (AvgIpc) is 3.40. The third-order valence-electron chi connectivity index (χ3n) is 5.65. The van der Waals surface area contributed by atoms with Crippen molar-refractivity contribution in [3.8, 4) is 0 Å². The number of amides is 2. The van der Waals surface area contributed by atoms with Gasteiger partial charge in [-0.05, 0) is 46.2 Å². The Kier molecular flexibility index (Phi) is 14.6. The van der Waals surface area contributed by atoms with Crippen LogP contribution in [0, 0.1) is 0 Å². The van der Waals surface area contributed by atoms with E-state index in [1.165, 1.54) is 30.7 Å². The fraction of sp³-hybridized carbons (Fsp3) is 0.400. The van der Waals surface area contributed by atoms with Gasteiger partial charge in [-0.1, -0.05) is 101 Å². The van der Waals surface area contributed by atoms with Crippen molar-refractivity contribution in [2.75, 3.05) is 6.54 Å². The van der Waals surface area contributed by atoms with Gasteiger partial charge in [0.15, 0.2) is 0 Å². The van der Waals surface area contributed by atoms with Crippen LogP contribution in [0.3, 0.4) is 0 Å². The maximum Gasteiger partial charge on any atom is 0.423 e. The fourth-order valence-electron chi connectivity index (χ4n) is 4.10. The standard InChI is InChI=1S/C23H18Cl2F3N3O3.C3H8.2C2H6/c24-13-7-12(8-14(25)9-13)22(23(26,27)28)10-19(31-34-22)17-5-6-18(21(33)30-11-20(29)32)16-4-2-1-3-15(16)17;1-3-2;2*1-2/h1-9,19,31H,10-11H2,(H2,29,32)(H,30,33);3H2,1-2H3;2*1-2H3. The van der Waals surface area contributed by atoms with Gasteiger partial charge in [-0.15, -0.1) is 0 Å². The first-order valence-corrected chi connectivity index (χ1v) is 14.2. The van der Waals surface area contributed by atoms with E-state index in [1.807, 2.05) is 27.7 Å². The summed E-state index contributed by atoms with van der Waals surface area (Å²) in [7, 11) is 0. The molecule has 1 aliphatic heterocycles. The van der Waals surface area contributed by atoms with Gasteiger partial charge in [0.25, 0.3) is 5.91 Å². The molecule has 0 bridgehead atoms. The lowest BCUT2D eigenvalue weighted by molar-refractivity contribution is -0.282. The Balaban J connectivity index is 0.00000110. The summed E-state index contributed by atoms with van der Waals surface area (Å²) in [5.74, 6) is -1.23. The molecule has 0 aliphatic carbocycles. The molecule has 4 N–H and O–H groups in total. The minimum atomic E-state index is -4.78. The first-order valence-electron chi connectivity index (χ1n) is 13.5. The van der Waals surface area contributed by atoms with E-state index in [-0.39, 0.29) is 27.7 Å². The molecule has 1 aliphatic rings. The van der Waals surface area contributed by atoms with Crippen LogP contribution < -0.4 is 16.5 Å². The van der Waals surface area contributed by atoms with Crippen LogP contribution >= 0.6 is 23.2 Å². The van der Waals surface area contributed by atoms with Crippen LogP contribution in [0.2, 0.25) is 10.0 Å². The highest BCUT2D eigenvalue weighted by Crippen LogP contribution is 2.52. The van der Waals surface area contributed by atoms with Gasteiger partial charge < -0.3 is 11.1 Å². The van der Waals surface area contributed by atoms with E-state index < -0.39 is 36.1 Å². The SMILES string of the molecule is CC.CC.CCC.NC(=O)CNC(=O)c1ccc(C2CC(c3cc(Cl)cc(Cl)c3)(C(F)(F)F)ON2)c2ccccc12. The number of carbonyl (C=O) groups is 2. The van der Waals surface area contributed by atoms with E-state index in [2.05, 4.69) is 24.6 Å². The Morgan fingerprint density at radius 1 is 1.00 bits per heavy atom. The van der Waals surface area contributed by atoms with Crippen LogP contribution in [0.25, 0.3) is 10.8 Å². The summed E-state index contributed by atoms with van der Waals surface area (Å²) >= 11 is 11.9. The number of halogens is 5. The predicted molar refractivity (Wildman–Crippen MR) is 160 cm³/mol. The van der Waals surface area contributed by atoms with E-state index in [4.69, 9.17) is 33.8 Å². The first-order chi connectivity index (χ1) is 19.4. The maximum atomic E-state index is 14.3.